The van der Waals surface area contributed by atoms with Gasteiger partial charge in [0.05, 0.1) is 0 Å². The van der Waals surface area contributed by atoms with Gasteiger partial charge >= 0.3 is 0 Å². The molecule has 0 rings (SSSR count). The fourth-order valence-corrected chi connectivity index (χ4v) is 2.58. The molecule has 0 unspecified atom stereocenters. The maximum atomic E-state index is 12.6. The predicted molar refractivity (Wildman–Crippen MR) is 116 cm³/mol. The standard InChI is InChI=1S/C21H40N4O5/c1-8-30-12-10-21(6,7)20(29)22-11-9-19(28)25(13-17(26)23-15(2)3)14-18(27)24-16(4)5/h15-16H,8-14H2,1-7H3,(H,22,29)(H,23,26)(H,24,27). The van der Waals surface area contributed by atoms with E-state index < -0.39 is 5.41 Å². The molecule has 0 atom stereocenters. The van der Waals surface area contributed by atoms with Gasteiger partial charge in [-0.3, -0.25) is 19.2 Å². The molecular weight excluding hydrogens is 388 g/mol. The Hall–Kier alpha value is -2.16. The maximum absolute atomic E-state index is 12.6. The van der Waals surface area contributed by atoms with E-state index in [1.165, 1.54) is 4.90 Å². The molecule has 0 saturated heterocycles. The smallest absolute Gasteiger partial charge is 0.239 e. The summed E-state index contributed by atoms with van der Waals surface area (Å²) in [6.07, 6.45) is 0.564. The molecule has 0 aliphatic rings. The minimum Gasteiger partial charge on any atom is -0.382 e. The van der Waals surface area contributed by atoms with Gasteiger partial charge in [0.1, 0.15) is 13.1 Å². The average Bonchev–Trinajstić information content (AvgIpc) is 2.59. The second-order valence-corrected chi connectivity index (χ2v) is 8.53. The molecule has 0 aliphatic carbocycles. The Morgan fingerprint density at radius 1 is 0.933 bits per heavy atom. The number of carbonyl (C=O) groups is 4. The van der Waals surface area contributed by atoms with E-state index in [-0.39, 0.29) is 61.8 Å². The number of amides is 4. The van der Waals surface area contributed by atoms with E-state index in [0.29, 0.717) is 19.6 Å². The third-order valence-electron chi connectivity index (χ3n) is 4.24. The fraction of sp³-hybridized carbons (Fsp3) is 0.810. The lowest BCUT2D eigenvalue weighted by Crippen LogP contribution is -2.48. The summed E-state index contributed by atoms with van der Waals surface area (Å²) >= 11 is 0. The summed E-state index contributed by atoms with van der Waals surface area (Å²) in [5, 5.41) is 8.19. The highest BCUT2D eigenvalue weighted by molar-refractivity contribution is 5.89. The Morgan fingerprint density at radius 2 is 1.43 bits per heavy atom. The first-order valence-electron chi connectivity index (χ1n) is 10.6. The van der Waals surface area contributed by atoms with E-state index in [2.05, 4.69) is 16.0 Å². The summed E-state index contributed by atoms with van der Waals surface area (Å²) in [7, 11) is 0. The first kappa shape index (κ1) is 27.8. The van der Waals surface area contributed by atoms with Crippen molar-refractivity contribution in [2.24, 2.45) is 5.41 Å². The second-order valence-electron chi connectivity index (χ2n) is 8.53. The van der Waals surface area contributed by atoms with Crippen molar-refractivity contribution >= 4 is 23.6 Å². The topological polar surface area (TPSA) is 117 Å². The van der Waals surface area contributed by atoms with Crippen molar-refractivity contribution in [2.45, 2.75) is 73.4 Å². The number of nitrogens with zero attached hydrogens (tertiary/aromatic N) is 1. The van der Waals surface area contributed by atoms with Crippen molar-refractivity contribution in [3.63, 3.8) is 0 Å². The summed E-state index contributed by atoms with van der Waals surface area (Å²) < 4.78 is 5.31. The highest BCUT2D eigenvalue weighted by Gasteiger charge is 2.27. The predicted octanol–water partition coefficient (Wildman–Crippen LogP) is 0.823. The molecular formula is C21H40N4O5. The Morgan fingerprint density at radius 3 is 1.87 bits per heavy atom. The molecule has 0 aliphatic heterocycles. The monoisotopic (exact) mass is 428 g/mol. The maximum Gasteiger partial charge on any atom is 0.239 e. The minimum absolute atomic E-state index is 0.00278. The van der Waals surface area contributed by atoms with Crippen LogP contribution in [0.5, 0.6) is 0 Å². The molecule has 0 radical (unpaired) electrons. The molecule has 4 amide bonds. The van der Waals surface area contributed by atoms with Crippen molar-refractivity contribution in [1.82, 2.24) is 20.9 Å². The van der Waals surface area contributed by atoms with Crippen LogP contribution in [0.1, 0.15) is 61.3 Å². The van der Waals surface area contributed by atoms with Gasteiger partial charge in [-0.15, -0.1) is 0 Å². The van der Waals surface area contributed by atoms with Gasteiger partial charge < -0.3 is 25.6 Å². The van der Waals surface area contributed by atoms with E-state index in [0.717, 1.165) is 0 Å². The average molecular weight is 429 g/mol. The van der Waals surface area contributed by atoms with Gasteiger partial charge in [0, 0.05) is 43.7 Å². The first-order chi connectivity index (χ1) is 13.9. The Bertz CT molecular complexity index is 552. The van der Waals surface area contributed by atoms with Gasteiger partial charge in [-0.25, -0.2) is 0 Å². The lowest BCUT2D eigenvalue weighted by atomic mass is 9.88. The van der Waals surface area contributed by atoms with E-state index in [1.54, 1.807) is 0 Å². The molecule has 0 heterocycles. The fourth-order valence-electron chi connectivity index (χ4n) is 2.58. The minimum atomic E-state index is -0.619. The van der Waals surface area contributed by atoms with Gasteiger partial charge in [0.25, 0.3) is 0 Å². The summed E-state index contributed by atoms with van der Waals surface area (Å²) in [5.74, 6) is -1.22. The van der Waals surface area contributed by atoms with Crippen LogP contribution in [0.25, 0.3) is 0 Å². The summed E-state index contributed by atoms with van der Waals surface area (Å²) in [6, 6.07) is -0.144. The SMILES string of the molecule is CCOCCC(C)(C)C(=O)NCCC(=O)N(CC(=O)NC(C)C)CC(=O)NC(C)C. The highest BCUT2D eigenvalue weighted by Crippen LogP contribution is 2.20. The lowest BCUT2D eigenvalue weighted by molar-refractivity contribution is -0.140. The number of hydrogen-bond acceptors (Lipinski definition) is 5. The molecule has 9 heteroatoms. The van der Waals surface area contributed by atoms with Crippen molar-refractivity contribution in [3.05, 3.63) is 0 Å². The van der Waals surface area contributed by atoms with Crippen LogP contribution in [0, 0.1) is 5.41 Å². The zero-order chi connectivity index (χ0) is 23.3. The largest absolute Gasteiger partial charge is 0.382 e. The van der Waals surface area contributed by atoms with Crippen LogP contribution in [-0.2, 0) is 23.9 Å². The lowest BCUT2D eigenvalue weighted by Gasteiger charge is -2.25. The molecule has 174 valence electrons. The molecule has 0 saturated carbocycles. The van der Waals surface area contributed by atoms with E-state index in [4.69, 9.17) is 4.74 Å². The van der Waals surface area contributed by atoms with Gasteiger partial charge in [0.15, 0.2) is 0 Å². The van der Waals surface area contributed by atoms with E-state index in [9.17, 15) is 19.2 Å². The molecule has 0 bridgehead atoms. The molecule has 3 N–H and O–H groups in total. The second kappa shape index (κ2) is 14.0. The summed E-state index contributed by atoms with van der Waals surface area (Å²) in [5.41, 5.74) is -0.619. The molecule has 0 aromatic carbocycles. The quantitative estimate of drug-likeness (QED) is 0.354. The molecule has 0 fully saturated rings. The van der Waals surface area contributed by atoms with Gasteiger partial charge in [-0.05, 0) is 41.0 Å². The van der Waals surface area contributed by atoms with Gasteiger partial charge in [-0.2, -0.15) is 0 Å². The molecule has 0 spiro atoms. The molecule has 9 nitrogen and oxygen atoms in total. The van der Waals surface area contributed by atoms with Crippen LogP contribution in [0.4, 0.5) is 0 Å². The Labute approximate surface area is 180 Å². The number of nitrogens with one attached hydrogen (secondary N) is 3. The third kappa shape index (κ3) is 12.4. The van der Waals surface area contributed by atoms with E-state index >= 15 is 0 Å². The number of rotatable bonds is 14. The summed E-state index contributed by atoms with van der Waals surface area (Å²) in [4.78, 5) is 50.4. The van der Waals surface area contributed by atoms with Crippen LogP contribution in [-0.4, -0.2) is 73.5 Å². The number of carbonyl (C=O) groups excluding carboxylic acids is 4. The van der Waals surface area contributed by atoms with Crippen LogP contribution < -0.4 is 16.0 Å². The molecule has 30 heavy (non-hydrogen) atoms. The van der Waals surface area contributed by atoms with E-state index in [1.807, 2.05) is 48.5 Å². The number of ether oxygens (including phenoxy) is 1. The van der Waals surface area contributed by atoms with Crippen molar-refractivity contribution in [1.29, 1.82) is 0 Å². The Balaban J connectivity index is 4.80. The molecule has 0 aromatic rings. The normalized spacial score (nSPS) is 11.4. The van der Waals surface area contributed by atoms with Crippen molar-refractivity contribution < 1.29 is 23.9 Å². The van der Waals surface area contributed by atoms with Crippen LogP contribution >= 0.6 is 0 Å². The van der Waals surface area contributed by atoms with Crippen molar-refractivity contribution in [3.8, 4) is 0 Å². The highest BCUT2D eigenvalue weighted by atomic mass is 16.5. The van der Waals surface area contributed by atoms with Gasteiger partial charge in [0.2, 0.25) is 23.6 Å². The van der Waals surface area contributed by atoms with Crippen LogP contribution in [0.3, 0.4) is 0 Å². The zero-order valence-corrected chi connectivity index (χ0v) is 19.6. The Kier molecular flexibility index (Phi) is 12.9. The van der Waals surface area contributed by atoms with Crippen molar-refractivity contribution in [2.75, 3.05) is 32.8 Å². The third-order valence-corrected chi connectivity index (χ3v) is 4.24. The van der Waals surface area contributed by atoms with Gasteiger partial charge in [-0.1, -0.05) is 13.8 Å². The number of hydrogen-bond donors (Lipinski definition) is 3. The van der Waals surface area contributed by atoms with Crippen LogP contribution in [0.2, 0.25) is 0 Å². The summed E-state index contributed by atoms with van der Waals surface area (Å²) in [6.45, 7) is 13.6. The zero-order valence-electron chi connectivity index (χ0n) is 19.6. The first-order valence-corrected chi connectivity index (χ1v) is 10.6. The molecule has 0 aromatic heterocycles. The van der Waals surface area contributed by atoms with Crippen LogP contribution in [0.15, 0.2) is 0 Å².